The minimum Gasteiger partial charge on any atom is -0.351 e. The summed E-state index contributed by atoms with van der Waals surface area (Å²) in [4.78, 5) is 18.0. The molecular weight excluding hydrogens is 436 g/mol. The van der Waals surface area contributed by atoms with E-state index in [1.807, 2.05) is 12.1 Å². The molecule has 0 bridgehead atoms. The lowest BCUT2D eigenvalue weighted by atomic mass is 10.1. The number of benzene rings is 2. The monoisotopic (exact) mass is 457 g/mol. The Kier molecular flexibility index (Phi) is 5.97. The van der Waals surface area contributed by atoms with Gasteiger partial charge in [0.15, 0.2) is 11.6 Å². The third kappa shape index (κ3) is 4.63. The molecule has 3 heterocycles. The van der Waals surface area contributed by atoms with Gasteiger partial charge in [-0.15, -0.1) is 0 Å². The molecule has 170 valence electrons. The highest BCUT2D eigenvalue weighted by atomic mass is 19.1. The van der Waals surface area contributed by atoms with Gasteiger partial charge in [-0.1, -0.05) is 6.07 Å². The number of pyridine rings is 1. The Hall–Kier alpha value is -4.16. The molecule has 1 aliphatic heterocycles. The topological polar surface area (TPSA) is 81.0 Å². The minimum atomic E-state index is -0.575. The lowest BCUT2D eigenvalue weighted by Crippen LogP contribution is -2.46. The SMILES string of the molecule is N#Cc1ccc2nc(Nc3cccnc3)c(N3CCN(Cc4ccc(F)cc4F)CC3)nc2c1. The first-order valence-electron chi connectivity index (χ1n) is 10.9. The number of aromatic nitrogens is 3. The van der Waals surface area contributed by atoms with Gasteiger partial charge < -0.3 is 10.2 Å². The van der Waals surface area contributed by atoms with Crippen LogP contribution in [0.3, 0.4) is 0 Å². The van der Waals surface area contributed by atoms with Gasteiger partial charge >= 0.3 is 0 Å². The molecule has 0 aliphatic carbocycles. The normalized spacial score (nSPS) is 14.2. The van der Waals surface area contributed by atoms with Gasteiger partial charge in [0.2, 0.25) is 0 Å². The number of nitriles is 1. The zero-order chi connectivity index (χ0) is 23.5. The zero-order valence-corrected chi connectivity index (χ0v) is 18.2. The van der Waals surface area contributed by atoms with Crippen molar-refractivity contribution in [1.82, 2.24) is 19.9 Å². The summed E-state index contributed by atoms with van der Waals surface area (Å²) in [6, 6.07) is 14.8. The minimum absolute atomic E-state index is 0.412. The summed E-state index contributed by atoms with van der Waals surface area (Å²) in [6.07, 6.45) is 3.41. The van der Waals surface area contributed by atoms with E-state index in [1.165, 1.54) is 12.1 Å². The highest BCUT2D eigenvalue weighted by Gasteiger charge is 2.23. The van der Waals surface area contributed by atoms with Gasteiger partial charge in [-0.05, 0) is 36.4 Å². The average Bonchev–Trinajstić information content (AvgIpc) is 2.86. The van der Waals surface area contributed by atoms with E-state index in [9.17, 15) is 14.0 Å². The van der Waals surface area contributed by atoms with E-state index in [2.05, 4.69) is 26.2 Å². The van der Waals surface area contributed by atoms with Crippen molar-refractivity contribution in [2.24, 2.45) is 0 Å². The van der Waals surface area contributed by atoms with Crippen molar-refractivity contribution in [3.8, 4) is 6.07 Å². The highest BCUT2D eigenvalue weighted by molar-refractivity contribution is 5.83. The van der Waals surface area contributed by atoms with Crippen LogP contribution >= 0.6 is 0 Å². The van der Waals surface area contributed by atoms with E-state index < -0.39 is 11.6 Å². The van der Waals surface area contributed by atoms with E-state index in [4.69, 9.17) is 9.97 Å². The maximum absolute atomic E-state index is 14.1. The molecule has 1 saturated heterocycles. The molecule has 0 saturated carbocycles. The lowest BCUT2D eigenvalue weighted by Gasteiger charge is -2.36. The number of piperazine rings is 1. The summed E-state index contributed by atoms with van der Waals surface area (Å²) in [5, 5.41) is 12.6. The fourth-order valence-electron chi connectivity index (χ4n) is 4.00. The fourth-order valence-corrected chi connectivity index (χ4v) is 4.00. The van der Waals surface area contributed by atoms with E-state index in [-0.39, 0.29) is 0 Å². The predicted octanol–water partition coefficient (Wildman–Crippen LogP) is 4.24. The first kappa shape index (κ1) is 21.7. The second-order valence-electron chi connectivity index (χ2n) is 8.08. The fraction of sp³-hybridized carbons (Fsp3) is 0.200. The Labute approximate surface area is 195 Å². The van der Waals surface area contributed by atoms with Gasteiger partial charge in [0.05, 0.1) is 34.6 Å². The first-order chi connectivity index (χ1) is 16.6. The molecule has 0 atom stereocenters. The summed E-state index contributed by atoms with van der Waals surface area (Å²) < 4.78 is 27.3. The van der Waals surface area contributed by atoms with Crippen molar-refractivity contribution in [1.29, 1.82) is 5.26 Å². The van der Waals surface area contributed by atoms with Crippen LogP contribution in [0.4, 0.5) is 26.1 Å². The molecule has 1 fully saturated rings. The average molecular weight is 457 g/mol. The van der Waals surface area contributed by atoms with Gasteiger partial charge in [0.1, 0.15) is 11.6 Å². The van der Waals surface area contributed by atoms with E-state index in [0.29, 0.717) is 66.5 Å². The number of fused-ring (bicyclic) bond motifs is 1. The van der Waals surface area contributed by atoms with Crippen LogP contribution in [0.5, 0.6) is 0 Å². The maximum atomic E-state index is 14.1. The van der Waals surface area contributed by atoms with Gasteiger partial charge in [-0.25, -0.2) is 18.7 Å². The molecule has 0 unspecified atom stereocenters. The molecule has 9 heteroatoms. The van der Waals surface area contributed by atoms with E-state index in [1.54, 1.807) is 30.6 Å². The van der Waals surface area contributed by atoms with Crippen LogP contribution in [0.1, 0.15) is 11.1 Å². The molecule has 4 aromatic rings. The number of rotatable bonds is 5. The molecule has 2 aromatic carbocycles. The second-order valence-corrected chi connectivity index (χ2v) is 8.08. The van der Waals surface area contributed by atoms with Crippen molar-refractivity contribution in [2.45, 2.75) is 6.54 Å². The standard InChI is InChI=1S/C25H21F2N7/c26-19-5-4-18(21(27)13-19)16-33-8-10-34(11-9-33)25-24(30-20-2-1-7-29-15-20)31-22-6-3-17(14-28)12-23(22)32-25/h1-7,12-13,15H,8-11,16H2,(H,30,31). The number of nitrogens with one attached hydrogen (secondary N) is 1. The molecule has 2 aromatic heterocycles. The van der Waals surface area contributed by atoms with Crippen LogP contribution in [0.15, 0.2) is 60.9 Å². The summed E-state index contributed by atoms with van der Waals surface area (Å²) in [6.45, 7) is 3.09. The molecule has 0 radical (unpaired) electrons. The van der Waals surface area contributed by atoms with Gasteiger partial charge in [0.25, 0.3) is 0 Å². The second kappa shape index (κ2) is 9.37. The summed E-state index contributed by atoms with van der Waals surface area (Å²) >= 11 is 0. The predicted molar refractivity (Wildman–Crippen MR) is 126 cm³/mol. The Morgan fingerprint density at radius 1 is 0.971 bits per heavy atom. The smallest absolute Gasteiger partial charge is 0.174 e. The van der Waals surface area contributed by atoms with E-state index >= 15 is 0 Å². The van der Waals surface area contributed by atoms with Crippen molar-refractivity contribution >= 4 is 28.4 Å². The Morgan fingerprint density at radius 2 is 1.82 bits per heavy atom. The van der Waals surface area contributed by atoms with E-state index in [0.717, 1.165) is 11.8 Å². The number of hydrogen-bond acceptors (Lipinski definition) is 7. The molecule has 0 amide bonds. The van der Waals surface area contributed by atoms with Gasteiger partial charge in [0, 0.05) is 50.6 Å². The largest absolute Gasteiger partial charge is 0.351 e. The quantitative estimate of drug-likeness (QED) is 0.480. The van der Waals surface area contributed by atoms with Crippen LogP contribution in [0.25, 0.3) is 11.0 Å². The van der Waals surface area contributed by atoms with Crippen LogP contribution < -0.4 is 10.2 Å². The van der Waals surface area contributed by atoms with Crippen molar-refractivity contribution in [3.63, 3.8) is 0 Å². The lowest BCUT2D eigenvalue weighted by molar-refractivity contribution is 0.246. The molecular formula is C25H21F2N7. The first-order valence-corrected chi connectivity index (χ1v) is 10.9. The van der Waals surface area contributed by atoms with Crippen LogP contribution in [0, 0.1) is 23.0 Å². The van der Waals surface area contributed by atoms with Crippen molar-refractivity contribution in [3.05, 3.63) is 83.7 Å². The number of halogens is 2. The molecule has 7 nitrogen and oxygen atoms in total. The number of hydrogen-bond donors (Lipinski definition) is 1. The molecule has 1 N–H and O–H groups in total. The van der Waals surface area contributed by atoms with Crippen LogP contribution in [-0.2, 0) is 6.54 Å². The molecule has 34 heavy (non-hydrogen) atoms. The number of nitrogens with zero attached hydrogens (tertiary/aromatic N) is 6. The Balaban J connectivity index is 1.40. The van der Waals surface area contributed by atoms with Crippen LogP contribution in [-0.4, -0.2) is 46.0 Å². The molecule has 1 aliphatic rings. The molecule has 5 rings (SSSR count). The summed E-state index contributed by atoms with van der Waals surface area (Å²) in [5.74, 6) is 0.176. The summed E-state index contributed by atoms with van der Waals surface area (Å²) in [7, 11) is 0. The molecule has 0 spiro atoms. The highest BCUT2D eigenvalue weighted by Crippen LogP contribution is 2.29. The van der Waals surface area contributed by atoms with Gasteiger partial charge in [-0.3, -0.25) is 9.88 Å². The maximum Gasteiger partial charge on any atom is 0.174 e. The van der Waals surface area contributed by atoms with Crippen LogP contribution in [0.2, 0.25) is 0 Å². The third-order valence-electron chi connectivity index (χ3n) is 5.78. The zero-order valence-electron chi connectivity index (χ0n) is 18.2. The Morgan fingerprint density at radius 3 is 2.56 bits per heavy atom. The third-order valence-corrected chi connectivity index (χ3v) is 5.78. The van der Waals surface area contributed by atoms with Crippen molar-refractivity contribution < 1.29 is 8.78 Å². The van der Waals surface area contributed by atoms with Gasteiger partial charge in [-0.2, -0.15) is 5.26 Å². The summed E-state index contributed by atoms with van der Waals surface area (Å²) in [5.41, 5.74) is 3.10. The Bertz CT molecular complexity index is 1360. The van der Waals surface area contributed by atoms with Crippen molar-refractivity contribution in [2.75, 3.05) is 36.4 Å². The number of anilines is 3.